The van der Waals surface area contributed by atoms with Crippen molar-refractivity contribution in [2.24, 2.45) is 5.92 Å². The minimum absolute atomic E-state index is 0.00450. The van der Waals surface area contributed by atoms with Crippen molar-refractivity contribution >= 4 is 17.4 Å². The van der Waals surface area contributed by atoms with Crippen molar-refractivity contribution in [3.05, 3.63) is 34.4 Å². The molecule has 1 saturated heterocycles. The number of amides is 2. The number of nitro benzene ring substituents is 1. The molecular weight excluding hydrogens is 296 g/mol. The van der Waals surface area contributed by atoms with Crippen LogP contribution in [0.2, 0.25) is 0 Å². The fourth-order valence-electron chi connectivity index (χ4n) is 2.90. The quantitative estimate of drug-likeness (QED) is 0.623. The molecule has 1 aliphatic heterocycles. The Morgan fingerprint density at radius 2 is 1.87 bits per heavy atom. The lowest BCUT2D eigenvalue weighted by Gasteiger charge is -2.30. The molecule has 1 heterocycles. The standard InChI is InChI=1S/C16H24N4O3/c1-12(2)15(19-9-3-4-10-19)11-17-16(21)18-13-5-7-14(8-6-13)20(22)23/h5-8,12,15H,3-4,9-11H2,1-2H3,(H2,17,18,21)/t15-/m1/s1. The number of carbonyl (C=O) groups excluding carboxylic acids is 1. The molecule has 0 radical (unpaired) electrons. The second-order valence-corrected chi connectivity index (χ2v) is 6.19. The van der Waals surface area contributed by atoms with Gasteiger partial charge in [-0.3, -0.25) is 15.0 Å². The lowest BCUT2D eigenvalue weighted by Crippen LogP contribution is -2.46. The van der Waals surface area contributed by atoms with Crippen molar-refractivity contribution in [1.82, 2.24) is 10.2 Å². The zero-order valence-corrected chi connectivity index (χ0v) is 13.6. The smallest absolute Gasteiger partial charge is 0.319 e. The highest BCUT2D eigenvalue weighted by atomic mass is 16.6. The first-order valence-electron chi connectivity index (χ1n) is 8.00. The predicted octanol–water partition coefficient (Wildman–Crippen LogP) is 2.84. The second-order valence-electron chi connectivity index (χ2n) is 6.19. The van der Waals surface area contributed by atoms with Gasteiger partial charge in [0.25, 0.3) is 5.69 Å². The third-order valence-corrected chi connectivity index (χ3v) is 4.19. The average Bonchev–Trinajstić information content (AvgIpc) is 3.01. The summed E-state index contributed by atoms with van der Waals surface area (Å²) in [5.41, 5.74) is 0.542. The van der Waals surface area contributed by atoms with Gasteiger partial charge in [0.05, 0.1) is 4.92 Å². The highest BCUT2D eigenvalue weighted by Gasteiger charge is 2.24. The highest BCUT2D eigenvalue weighted by Crippen LogP contribution is 2.18. The van der Waals surface area contributed by atoms with Gasteiger partial charge in [-0.15, -0.1) is 0 Å². The molecule has 7 nitrogen and oxygen atoms in total. The number of likely N-dealkylation sites (tertiary alicyclic amines) is 1. The van der Waals surface area contributed by atoms with Crippen LogP contribution in [-0.4, -0.2) is 41.5 Å². The number of nitro groups is 1. The molecule has 0 bridgehead atoms. The summed E-state index contributed by atoms with van der Waals surface area (Å²) in [5.74, 6) is 0.466. The second kappa shape index (κ2) is 7.92. The van der Waals surface area contributed by atoms with E-state index in [-0.39, 0.29) is 11.7 Å². The van der Waals surface area contributed by atoms with E-state index >= 15 is 0 Å². The number of anilines is 1. The zero-order valence-electron chi connectivity index (χ0n) is 13.6. The summed E-state index contributed by atoms with van der Waals surface area (Å²) < 4.78 is 0. The molecule has 2 N–H and O–H groups in total. The Hall–Kier alpha value is -2.15. The van der Waals surface area contributed by atoms with E-state index in [2.05, 4.69) is 29.4 Å². The maximum atomic E-state index is 12.0. The van der Waals surface area contributed by atoms with Crippen molar-refractivity contribution in [3.8, 4) is 0 Å². The Kier molecular flexibility index (Phi) is 5.92. The van der Waals surface area contributed by atoms with Crippen molar-refractivity contribution < 1.29 is 9.72 Å². The number of hydrogen-bond acceptors (Lipinski definition) is 4. The van der Waals surface area contributed by atoms with Crippen LogP contribution in [0.15, 0.2) is 24.3 Å². The van der Waals surface area contributed by atoms with Crippen LogP contribution in [0.25, 0.3) is 0 Å². The molecule has 23 heavy (non-hydrogen) atoms. The van der Waals surface area contributed by atoms with Gasteiger partial charge < -0.3 is 10.6 Å². The molecule has 1 aromatic carbocycles. The number of rotatable bonds is 6. The largest absolute Gasteiger partial charge is 0.336 e. The summed E-state index contributed by atoms with van der Waals surface area (Å²) in [5, 5.41) is 16.2. The Balaban J connectivity index is 1.84. The first kappa shape index (κ1) is 17.2. The van der Waals surface area contributed by atoms with Crippen LogP contribution in [0.4, 0.5) is 16.2 Å². The molecule has 0 spiro atoms. The van der Waals surface area contributed by atoms with Gasteiger partial charge in [-0.25, -0.2) is 4.79 Å². The van der Waals surface area contributed by atoms with E-state index in [1.807, 2.05) is 0 Å². The Morgan fingerprint density at radius 3 is 2.39 bits per heavy atom. The van der Waals surface area contributed by atoms with Crippen LogP contribution in [-0.2, 0) is 0 Å². The highest BCUT2D eigenvalue weighted by molar-refractivity contribution is 5.89. The molecule has 1 fully saturated rings. The van der Waals surface area contributed by atoms with Gasteiger partial charge in [0, 0.05) is 30.4 Å². The molecule has 2 rings (SSSR count). The van der Waals surface area contributed by atoms with Crippen molar-refractivity contribution in [3.63, 3.8) is 0 Å². The van der Waals surface area contributed by atoms with Gasteiger partial charge in [0.15, 0.2) is 0 Å². The van der Waals surface area contributed by atoms with E-state index in [1.54, 1.807) is 0 Å². The number of urea groups is 1. The topological polar surface area (TPSA) is 87.5 Å². The van der Waals surface area contributed by atoms with E-state index in [1.165, 1.54) is 37.1 Å². The van der Waals surface area contributed by atoms with Crippen LogP contribution in [0, 0.1) is 16.0 Å². The molecule has 0 aliphatic carbocycles. The van der Waals surface area contributed by atoms with Gasteiger partial charge in [-0.1, -0.05) is 13.8 Å². The number of nitrogens with one attached hydrogen (secondary N) is 2. The Morgan fingerprint density at radius 1 is 1.26 bits per heavy atom. The van der Waals surface area contributed by atoms with Gasteiger partial charge in [-0.05, 0) is 44.0 Å². The van der Waals surface area contributed by atoms with E-state index in [9.17, 15) is 14.9 Å². The van der Waals surface area contributed by atoms with Crippen LogP contribution < -0.4 is 10.6 Å². The number of carbonyl (C=O) groups is 1. The summed E-state index contributed by atoms with van der Waals surface area (Å²) in [6.45, 7) is 7.11. The summed E-state index contributed by atoms with van der Waals surface area (Å²) in [6.07, 6.45) is 2.44. The third kappa shape index (κ3) is 4.92. The van der Waals surface area contributed by atoms with Crippen LogP contribution in [0.3, 0.4) is 0 Å². The van der Waals surface area contributed by atoms with Crippen molar-refractivity contribution in [1.29, 1.82) is 0 Å². The van der Waals surface area contributed by atoms with E-state index in [0.29, 0.717) is 24.2 Å². The van der Waals surface area contributed by atoms with Crippen molar-refractivity contribution in [2.45, 2.75) is 32.7 Å². The molecule has 126 valence electrons. The van der Waals surface area contributed by atoms with E-state index < -0.39 is 4.92 Å². The van der Waals surface area contributed by atoms with Gasteiger partial charge in [0.1, 0.15) is 0 Å². The fraction of sp³-hybridized carbons (Fsp3) is 0.562. The number of non-ortho nitro benzene ring substituents is 1. The maximum absolute atomic E-state index is 12.0. The normalized spacial score (nSPS) is 16.3. The minimum atomic E-state index is -0.465. The fourth-order valence-corrected chi connectivity index (χ4v) is 2.90. The lowest BCUT2D eigenvalue weighted by molar-refractivity contribution is -0.384. The molecule has 7 heteroatoms. The average molecular weight is 320 g/mol. The van der Waals surface area contributed by atoms with Crippen LogP contribution in [0.1, 0.15) is 26.7 Å². The van der Waals surface area contributed by atoms with E-state index in [0.717, 1.165) is 13.1 Å². The van der Waals surface area contributed by atoms with Gasteiger partial charge >= 0.3 is 6.03 Å². The molecule has 0 aromatic heterocycles. The first-order valence-corrected chi connectivity index (χ1v) is 8.00. The minimum Gasteiger partial charge on any atom is -0.336 e. The SMILES string of the molecule is CC(C)[C@@H](CNC(=O)Nc1ccc([N+](=O)[O-])cc1)N1CCCC1. The monoisotopic (exact) mass is 320 g/mol. The van der Waals surface area contributed by atoms with Crippen LogP contribution >= 0.6 is 0 Å². The summed E-state index contributed by atoms with van der Waals surface area (Å²) in [4.78, 5) is 24.6. The summed E-state index contributed by atoms with van der Waals surface area (Å²) >= 11 is 0. The molecule has 0 unspecified atom stereocenters. The summed E-state index contributed by atoms with van der Waals surface area (Å²) in [6, 6.07) is 5.84. The van der Waals surface area contributed by atoms with E-state index in [4.69, 9.17) is 0 Å². The van der Waals surface area contributed by atoms with Gasteiger partial charge in [-0.2, -0.15) is 0 Å². The van der Waals surface area contributed by atoms with Crippen molar-refractivity contribution in [2.75, 3.05) is 25.0 Å². The number of nitrogens with zero attached hydrogens (tertiary/aromatic N) is 2. The molecule has 2 amide bonds. The summed E-state index contributed by atoms with van der Waals surface area (Å²) in [7, 11) is 0. The van der Waals surface area contributed by atoms with Crippen LogP contribution in [0.5, 0.6) is 0 Å². The predicted molar refractivity (Wildman–Crippen MR) is 89.6 cm³/mol. The Labute approximate surface area is 136 Å². The molecule has 1 atom stereocenters. The number of benzene rings is 1. The molecular formula is C16H24N4O3. The maximum Gasteiger partial charge on any atom is 0.319 e. The molecule has 1 aromatic rings. The van der Waals surface area contributed by atoms with Gasteiger partial charge in [0.2, 0.25) is 0 Å². The number of hydrogen-bond donors (Lipinski definition) is 2. The zero-order chi connectivity index (χ0) is 16.8. The molecule has 0 saturated carbocycles. The Bertz CT molecular complexity index is 539. The third-order valence-electron chi connectivity index (χ3n) is 4.19. The molecule has 1 aliphatic rings. The lowest BCUT2D eigenvalue weighted by atomic mass is 10.0. The first-order chi connectivity index (χ1) is 11.0.